The molecule has 0 bridgehead atoms. The van der Waals surface area contributed by atoms with Gasteiger partial charge in [0.2, 0.25) is 0 Å². The summed E-state index contributed by atoms with van der Waals surface area (Å²) >= 11 is 0. The van der Waals surface area contributed by atoms with E-state index in [0.29, 0.717) is 6.61 Å². The Morgan fingerprint density at radius 1 is 1.29 bits per heavy atom. The van der Waals surface area contributed by atoms with Gasteiger partial charge in [-0.2, -0.15) is 0 Å². The molecule has 0 saturated carbocycles. The van der Waals surface area contributed by atoms with E-state index in [9.17, 15) is 4.79 Å². The number of carbonyl (C=O) groups excluding carboxylic acids is 1. The monoisotopic (exact) mass is 240 g/mol. The first-order valence-corrected chi connectivity index (χ1v) is 6.03. The predicted molar refractivity (Wildman–Crippen MR) is 64.2 cm³/mol. The van der Waals surface area contributed by atoms with E-state index < -0.39 is 0 Å². The zero-order valence-corrected chi connectivity index (χ0v) is 10.4. The second-order valence-electron chi connectivity index (χ2n) is 3.72. The van der Waals surface area contributed by atoms with E-state index in [1.807, 2.05) is 25.2 Å². The summed E-state index contributed by atoms with van der Waals surface area (Å²) in [6, 6.07) is 0. The maximum atomic E-state index is 10.9. The molecule has 0 aromatic rings. The van der Waals surface area contributed by atoms with Crippen LogP contribution in [-0.4, -0.2) is 25.2 Å². The summed E-state index contributed by atoms with van der Waals surface area (Å²) in [4.78, 5) is 10.9. The molecule has 1 heterocycles. The van der Waals surface area contributed by atoms with Crippen molar-refractivity contribution in [1.29, 1.82) is 0 Å². The van der Waals surface area contributed by atoms with Gasteiger partial charge < -0.3 is 14.2 Å². The fourth-order valence-electron chi connectivity index (χ4n) is 1.41. The summed E-state index contributed by atoms with van der Waals surface area (Å²) in [5, 5.41) is 0. The highest BCUT2D eigenvalue weighted by Gasteiger charge is 2.23. The lowest BCUT2D eigenvalue weighted by Gasteiger charge is -2.31. The van der Waals surface area contributed by atoms with Gasteiger partial charge >= 0.3 is 5.97 Å². The quantitative estimate of drug-likeness (QED) is 0.297. The predicted octanol–water partition coefficient (Wildman–Crippen LogP) is 2.55. The van der Waals surface area contributed by atoms with Crippen LogP contribution in [-0.2, 0) is 19.0 Å². The van der Waals surface area contributed by atoms with Crippen LogP contribution in [0.2, 0.25) is 0 Å². The second-order valence-corrected chi connectivity index (χ2v) is 3.72. The molecule has 0 aromatic carbocycles. The van der Waals surface area contributed by atoms with Crippen molar-refractivity contribution in [2.75, 3.05) is 6.61 Å². The average molecular weight is 240 g/mol. The molecular formula is C13H20O4. The number of rotatable bonds is 7. The van der Waals surface area contributed by atoms with Crippen molar-refractivity contribution < 1.29 is 19.0 Å². The lowest BCUT2D eigenvalue weighted by atomic mass is 10.2. The van der Waals surface area contributed by atoms with Crippen LogP contribution in [0.1, 0.15) is 33.1 Å². The zero-order chi connectivity index (χ0) is 12.5. The molecule has 4 heteroatoms. The van der Waals surface area contributed by atoms with Gasteiger partial charge in [0.15, 0.2) is 12.6 Å². The maximum absolute atomic E-state index is 10.9. The lowest BCUT2D eigenvalue weighted by Crippen LogP contribution is -2.36. The number of esters is 1. The van der Waals surface area contributed by atoms with Gasteiger partial charge in [0.25, 0.3) is 0 Å². The Bertz CT molecular complexity index is 277. The minimum Gasteiger partial charge on any atom is -0.463 e. The SMILES string of the molecule is CCOC(=O)/C=C/CCC/C=C/C1OC(C)O1. The van der Waals surface area contributed by atoms with Crippen LogP contribution in [0.3, 0.4) is 0 Å². The number of unbranched alkanes of at least 4 members (excludes halogenated alkanes) is 2. The third-order valence-electron chi connectivity index (χ3n) is 2.23. The molecule has 0 amide bonds. The Hall–Kier alpha value is -1.13. The maximum Gasteiger partial charge on any atom is 0.330 e. The van der Waals surface area contributed by atoms with Crippen LogP contribution in [0.15, 0.2) is 24.3 Å². The van der Waals surface area contributed by atoms with E-state index in [2.05, 4.69) is 0 Å². The van der Waals surface area contributed by atoms with Crippen LogP contribution >= 0.6 is 0 Å². The summed E-state index contributed by atoms with van der Waals surface area (Å²) in [5.74, 6) is -0.270. The van der Waals surface area contributed by atoms with Gasteiger partial charge in [-0.05, 0) is 39.2 Å². The highest BCUT2D eigenvalue weighted by molar-refractivity contribution is 5.81. The van der Waals surface area contributed by atoms with Crippen LogP contribution in [0.5, 0.6) is 0 Å². The Morgan fingerprint density at radius 2 is 2.00 bits per heavy atom. The Labute approximate surface area is 102 Å². The van der Waals surface area contributed by atoms with E-state index >= 15 is 0 Å². The third-order valence-corrected chi connectivity index (χ3v) is 2.23. The molecule has 4 nitrogen and oxygen atoms in total. The third kappa shape index (κ3) is 6.24. The molecule has 1 saturated heterocycles. The van der Waals surface area contributed by atoms with Gasteiger partial charge in [-0.15, -0.1) is 0 Å². The number of allylic oxidation sites excluding steroid dienone is 2. The van der Waals surface area contributed by atoms with Crippen LogP contribution < -0.4 is 0 Å². The molecule has 0 N–H and O–H groups in total. The molecule has 1 aliphatic heterocycles. The highest BCUT2D eigenvalue weighted by Crippen LogP contribution is 2.16. The first-order chi connectivity index (χ1) is 8.22. The summed E-state index contributed by atoms with van der Waals surface area (Å²) in [6.45, 7) is 4.08. The topological polar surface area (TPSA) is 44.8 Å². The second kappa shape index (κ2) is 8.03. The highest BCUT2D eigenvalue weighted by atomic mass is 16.9. The van der Waals surface area contributed by atoms with Gasteiger partial charge in [0.05, 0.1) is 6.61 Å². The zero-order valence-electron chi connectivity index (χ0n) is 10.4. The molecule has 0 radical (unpaired) electrons. The van der Waals surface area contributed by atoms with E-state index in [1.54, 1.807) is 6.92 Å². The summed E-state index contributed by atoms with van der Waals surface area (Å²) in [7, 11) is 0. The Balaban J connectivity index is 1.95. The fraction of sp³-hybridized carbons (Fsp3) is 0.615. The van der Waals surface area contributed by atoms with E-state index in [1.165, 1.54) is 6.08 Å². The molecule has 0 aromatic heterocycles. The smallest absolute Gasteiger partial charge is 0.330 e. The number of hydrogen-bond donors (Lipinski definition) is 0. The standard InChI is InChI=1S/C13H20O4/c1-3-15-12(14)9-7-5-4-6-8-10-13-16-11(2)17-13/h7-11,13H,3-6H2,1-2H3/b9-7+,10-8+. The Kier molecular flexibility index (Phi) is 6.58. The van der Waals surface area contributed by atoms with Crippen molar-refractivity contribution >= 4 is 5.97 Å². The molecule has 1 aliphatic rings. The summed E-state index contributed by atoms with van der Waals surface area (Å²) < 4.78 is 15.2. The minimum atomic E-state index is -0.270. The number of hydrogen-bond acceptors (Lipinski definition) is 4. The first kappa shape index (κ1) is 13.9. The van der Waals surface area contributed by atoms with Crippen molar-refractivity contribution in [3.05, 3.63) is 24.3 Å². The summed E-state index contributed by atoms with van der Waals surface area (Å²) in [5.41, 5.74) is 0. The molecule has 0 unspecified atom stereocenters. The van der Waals surface area contributed by atoms with Crippen LogP contribution in [0.25, 0.3) is 0 Å². The summed E-state index contributed by atoms with van der Waals surface area (Å²) in [6.07, 6.45) is 9.84. The van der Waals surface area contributed by atoms with Crippen LogP contribution in [0, 0.1) is 0 Å². The largest absolute Gasteiger partial charge is 0.463 e. The number of carbonyl (C=O) groups is 1. The van der Waals surface area contributed by atoms with Gasteiger partial charge in [-0.3, -0.25) is 0 Å². The van der Waals surface area contributed by atoms with Crippen molar-refractivity contribution in [3.63, 3.8) is 0 Å². The van der Waals surface area contributed by atoms with E-state index in [0.717, 1.165) is 19.3 Å². The minimum absolute atomic E-state index is 0.0721. The van der Waals surface area contributed by atoms with Gasteiger partial charge in [0.1, 0.15) is 0 Å². The van der Waals surface area contributed by atoms with Crippen molar-refractivity contribution in [2.45, 2.75) is 45.7 Å². The first-order valence-electron chi connectivity index (χ1n) is 6.03. The molecule has 0 atom stereocenters. The van der Waals surface area contributed by atoms with Crippen molar-refractivity contribution in [2.24, 2.45) is 0 Å². The number of ether oxygens (including phenoxy) is 3. The lowest BCUT2D eigenvalue weighted by molar-refractivity contribution is -0.354. The molecule has 1 rings (SSSR count). The molecule has 0 aliphatic carbocycles. The molecule has 17 heavy (non-hydrogen) atoms. The fourth-order valence-corrected chi connectivity index (χ4v) is 1.41. The molecule has 96 valence electrons. The van der Waals surface area contributed by atoms with Crippen LogP contribution in [0.4, 0.5) is 0 Å². The normalized spacial score (nSPS) is 24.1. The average Bonchev–Trinajstić information content (AvgIpc) is 2.25. The molecule has 0 spiro atoms. The van der Waals surface area contributed by atoms with Gasteiger partial charge in [0, 0.05) is 6.08 Å². The molecular weight excluding hydrogens is 220 g/mol. The Morgan fingerprint density at radius 3 is 2.65 bits per heavy atom. The van der Waals surface area contributed by atoms with E-state index in [-0.39, 0.29) is 18.5 Å². The van der Waals surface area contributed by atoms with E-state index in [4.69, 9.17) is 14.2 Å². The van der Waals surface area contributed by atoms with Crippen molar-refractivity contribution in [1.82, 2.24) is 0 Å². The van der Waals surface area contributed by atoms with Gasteiger partial charge in [-0.1, -0.05) is 12.2 Å². The van der Waals surface area contributed by atoms with Gasteiger partial charge in [-0.25, -0.2) is 4.79 Å². The molecule has 1 fully saturated rings. The van der Waals surface area contributed by atoms with Crippen molar-refractivity contribution in [3.8, 4) is 0 Å².